The zero-order valence-electron chi connectivity index (χ0n) is 36.4. The quantitative estimate of drug-likeness (QED) is 0.0908. The van der Waals surface area contributed by atoms with Crippen molar-refractivity contribution in [2.45, 2.75) is 122 Å². The van der Waals surface area contributed by atoms with Gasteiger partial charge in [-0.15, -0.1) is 40.5 Å². The molecule has 9 heteroatoms. The molecular formula is C48H62F3IrN2O2S-. The Morgan fingerprint density at radius 1 is 0.825 bits per heavy atom. The molecule has 0 bridgehead atoms. The summed E-state index contributed by atoms with van der Waals surface area (Å²) in [6.45, 7) is 31.6. The number of thiophene rings is 1. The summed E-state index contributed by atoms with van der Waals surface area (Å²) in [4.78, 5) is 21.6. The predicted octanol–water partition coefficient (Wildman–Crippen LogP) is 14.5. The number of carbonyl (C=O) groups is 1. The first-order chi connectivity index (χ1) is 25.7. The molecule has 0 atom stereocenters. The summed E-state index contributed by atoms with van der Waals surface area (Å²) in [5, 5.41) is 12.6. The van der Waals surface area contributed by atoms with E-state index >= 15 is 0 Å². The van der Waals surface area contributed by atoms with Crippen LogP contribution in [0.4, 0.5) is 13.2 Å². The molecular weight excluding hydrogens is 918 g/mol. The number of aryl methyl sites for hydroxylation is 1. The standard InChI is InChI=1S/C31H30F3N2S.C17H32O2.Ir/c1-17-10-23-25(14-20(17)15-29(2,3)4)37-28-26(35-16-36-27(23)28)19-11-18-12-21(31(32,33)34)8-9-22(18)24(13-19)30(5,6)7;1-10(2)16(11(3)4)14(18)9-15(19)17(12(5)6)13(7)8;/h8-10,12-14,16H,15H2,1-7H3;9-13,16-18H,1-8H3;/q-1;;/b;14-9-;. The zero-order valence-corrected chi connectivity index (χ0v) is 39.6. The summed E-state index contributed by atoms with van der Waals surface area (Å²) < 4.78 is 42.7. The van der Waals surface area contributed by atoms with Crippen LogP contribution >= 0.6 is 11.3 Å². The zero-order chi connectivity index (χ0) is 42.2. The molecule has 5 aromatic rings. The number of benzene rings is 3. The molecule has 3 aromatic carbocycles. The van der Waals surface area contributed by atoms with Crippen molar-refractivity contribution >= 4 is 48.2 Å². The molecule has 0 unspecified atom stereocenters. The maximum atomic E-state index is 13.5. The third-order valence-electron chi connectivity index (χ3n) is 10.5. The van der Waals surface area contributed by atoms with E-state index in [0.717, 1.165) is 43.7 Å². The number of carbonyl (C=O) groups excluding carboxylic acids is 1. The maximum absolute atomic E-state index is 13.5. The molecule has 0 spiro atoms. The van der Waals surface area contributed by atoms with Crippen molar-refractivity contribution in [1.82, 2.24) is 9.97 Å². The number of halogens is 3. The molecule has 313 valence electrons. The Bertz CT molecular complexity index is 2200. The molecule has 0 fully saturated rings. The Morgan fingerprint density at radius 2 is 1.40 bits per heavy atom. The number of aliphatic hydroxyl groups is 1. The van der Waals surface area contributed by atoms with Gasteiger partial charge in [-0.25, -0.2) is 4.98 Å². The predicted molar refractivity (Wildman–Crippen MR) is 230 cm³/mol. The minimum atomic E-state index is -4.42. The molecule has 2 heterocycles. The molecule has 1 radical (unpaired) electrons. The molecule has 4 nitrogen and oxygen atoms in total. The van der Waals surface area contributed by atoms with Crippen molar-refractivity contribution in [1.29, 1.82) is 0 Å². The van der Waals surface area contributed by atoms with Gasteiger partial charge >= 0.3 is 6.18 Å². The van der Waals surface area contributed by atoms with Gasteiger partial charge in [0, 0.05) is 64.1 Å². The van der Waals surface area contributed by atoms with Crippen LogP contribution in [0.1, 0.15) is 119 Å². The molecule has 0 amide bonds. The third-order valence-corrected chi connectivity index (χ3v) is 11.7. The van der Waals surface area contributed by atoms with Gasteiger partial charge < -0.3 is 5.11 Å². The van der Waals surface area contributed by atoms with Crippen LogP contribution in [0.5, 0.6) is 0 Å². The molecule has 0 saturated carbocycles. The third kappa shape index (κ3) is 11.5. The van der Waals surface area contributed by atoms with Gasteiger partial charge in [0.15, 0.2) is 5.78 Å². The van der Waals surface area contributed by atoms with Gasteiger partial charge in [-0.2, -0.15) is 13.2 Å². The van der Waals surface area contributed by atoms with Crippen molar-refractivity contribution < 1.29 is 43.2 Å². The van der Waals surface area contributed by atoms with E-state index in [1.54, 1.807) is 23.7 Å². The number of rotatable bonds is 9. The van der Waals surface area contributed by atoms with E-state index < -0.39 is 11.7 Å². The first kappa shape index (κ1) is 48.2. The molecule has 57 heavy (non-hydrogen) atoms. The average Bonchev–Trinajstić information content (AvgIpc) is 3.39. The number of hydrogen-bond donors (Lipinski definition) is 1. The Hall–Kier alpha value is -3.13. The van der Waals surface area contributed by atoms with E-state index in [-0.39, 0.29) is 54.3 Å². The number of fused-ring (bicyclic) bond motifs is 4. The van der Waals surface area contributed by atoms with Crippen LogP contribution in [0.25, 0.3) is 42.3 Å². The van der Waals surface area contributed by atoms with E-state index in [9.17, 15) is 23.1 Å². The fraction of sp³-hybridized carbons (Fsp3) is 0.521. The minimum absolute atomic E-state index is 0. The van der Waals surface area contributed by atoms with Crippen molar-refractivity contribution in [3.05, 3.63) is 82.9 Å². The molecule has 0 aliphatic rings. The maximum Gasteiger partial charge on any atom is 0.409 e. The number of hydrogen-bond acceptors (Lipinski definition) is 5. The van der Waals surface area contributed by atoms with Crippen LogP contribution in [0.15, 0.2) is 54.6 Å². The summed E-state index contributed by atoms with van der Waals surface area (Å²) in [5.74, 6) is 1.63. The summed E-state index contributed by atoms with van der Waals surface area (Å²) in [5.41, 5.74) is 4.96. The fourth-order valence-electron chi connectivity index (χ4n) is 8.15. The van der Waals surface area contributed by atoms with Gasteiger partial charge in [0.2, 0.25) is 0 Å². The number of aromatic nitrogens is 2. The second-order valence-electron chi connectivity index (χ2n) is 19.1. The number of alkyl halides is 3. The first-order valence-corrected chi connectivity index (χ1v) is 20.7. The van der Waals surface area contributed by atoms with Crippen LogP contribution < -0.4 is 0 Å². The average molecular weight is 980 g/mol. The first-order valence-electron chi connectivity index (χ1n) is 19.9. The summed E-state index contributed by atoms with van der Waals surface area (Å²) in [7, 11) is 0. The smallest absolute Gasteiger partial charge is 0.409 e. The second-order valence-corrected chi connectivity index (χ2v) is 20.2. The molecule has 2 aromatic heterocycles. The van der Waals surface area contributed by atoms with Gasteiger partial charge in [-0.3, -0.25) is 9.78 Å². The minimum Gasteiger partial charge on any atom is -0.512 e. The van der Waals surface area contributed by atoms with Crippen LogP contribution in [-0.2, 0) is 42.9 Å². The van der Waals surface area contributed by atoms with E-state index in [1.807, 2.05) is 6.07 Å². The van der Waals surface area contributed by atoms with Crippen molar-refractivity contribution in [2.75, 3.05) is 0 Å². The number of nitrogens with zero attached hydrogens (tertiary/aromatic N) is 2. The van der Waals surface area contributed by atoms with Gasteiger partial charge in [0.1, 0.15) is 6.33 Å². The van der Waals surface area contributed by atoms with Gasteiger partial charge in [-0.1, -0.05) is 120 Å². The van der Waals surface area contributed by atoms with Crippen LogP contribution in [0.2, 0.25) is 0 Å². The Labute approximate surface area is 356 Å². The van der Waals surface area contributed by atoms with Crippen molar-refractivity contribution in [2.24, 2.45) is 40.9 Å². The number of ketones is 1. The molecule has 0 aliphatic carbocycles. The molecule has 5 rings (SSSR count). The number of aliphatic hydroxyl groups excluding tert-OH is 1. The normalized spacial score (nSPS) is 13.2. The monoisotopic (exact) mass is 980 g/mol. The van der Waals surface area contributed by atoms with E-state index in [4.69, 9.17) is 0 Å². The Balaban J connectivity index is 0.000000372. The second kappa shape index (κ2) is 18.4. The van der Waals surface area contributed by atoms with Crippen LogP contribution in [0.3, 0.4) is 0 Å². The van der Waals surface area contributed by atoms with E-state index in [2.05, 4.69) is 132 Å². The van der Waals surface area contributed by atoms with Crippen LogP contribution in [-0.4, -0.2) is 20.9 Å². The Kier molecular flexibility index (Phi) is 15.6. The molecule has 0 aliphatic heterocycles. The molecule has 1 N–H and O–H groups in total. The van der Waals surface area contributed by atoms with E-state index in [0.29, 0.717) is 40.3 Å². The Morgan fingerprint density at radius 3 is 1.91 bits per heavy atom. The SMILES string of the molecule is CC(C)C(C(=O)/C=C(\O)C(C(C)C)C(C)C)C(C)C.Cc1cc2c(cc1CC(C)(C)C)sc1c(-c3[c-]c4cc(C(F)(F)F)ccc4c(C(C)(C)C)c3)ncnc12.[Ir]. The van der Waals surface area contributed by atoms with Gasteiger partial charge in [-0.05, 0) is 71.1 Å². The summed E-state index contributed by atoms with van der Waals surface area (Å²) >= 11 is 1.63. The summed E-state index contributed by atoms with van der Waals surface area (Å²) in [6.07, 6.45) is -0.425. The fourth-order valence-corrected chi connectivity index (χ4v) is 9.36. The van der Waals surface area contributed by atoms with Gasteiger partial charge in [0.05, 0.1) is 11.3 Å². The van der Waals surface area contributed by atoms with Crippen molar-refractivity contribution in [3.63, 3.8) is 0 Å². The largest absolute Gasteiger partial charge is 0.512 e. The molecule has 0 saturated heterocycles. The van der Waals surface area contributed by atoms with Crippen LogP contribution in [0, 0.1) is 53.9 Å². The van der Waals surface area contributed by atoms with Crippen molar-refractivity contribution in [3.8, 4) is 11.3 Å². The number of allylic oxidation sites excluding steroid dienone is 2. The summed E-state index contributed by atoms with van der Waals surface area (Å²) in [6, 6.07) is 13.7. The van der Waals surface area contributed by atoms with E-state index in [1.165, 1.54) is 23.3 Å². The topological polar surface area (TPSA) is 63.1 Å². The van der Waals surface area contributed by atoms with Gasteiger partial charge in [0.25, 0.3) is 0 Å².